The molecule has 0 aliphatic carbocycles. The Balaban J connectivity index is 2.51. The lowest BCUT2D eigenvalue weighted by atomic mass is 9.99. The molecule has 1 N–H and O–H groups in total. The van der Waals surface area contributed by atoms with Gasteiger partial charge in [-0.05, 0) is 33.1 Å². The topological polar surface area (TPSA) is 39.1 Å². The van der Waals surface area contributed by atoms with Crippen LogP contribution in [0.4, 0.5) is 0 Å². The lowest BCUT2D eigenvalue weighted by molar-refractivity contribution is 0.0371. The first kappa shape index (κ1) is 11.5. The molecule has 0 aromatic carbocycles. The zero-order valence-electron chi connectivity index (χ0n) is 9.45. The zero-order chi connectivity index (χ0) is 10.6. The van der Waals surface area contributed by atoms with E-state index < -0.39 is 0 Å². The Morgan fingerprint density at radius 2 is 2.00 bits per heavy atom. The SMILES string of the molecule is CCC(C#N)NN1C(C)CCCC1C. The third-order valence-corrected chi connectivity index (χ3v) is 3.06. The van der Waals surface area contributed by atoms with Crippen LogP contribution in [-0.4, -0.2) is 23.1 Å². The van der Waals surface area contributed by atoms with Crippen molar-refractivity contribution in [2.24, 2.45) is 0 Å². The van der Waals surface area contributed by atoms with Gasteiger partial charge in [-0.25, -0.2) is 10.4 Å². The lowest BCUT2D eigenvalue weighted by Gasteiger charge is -2.40. The number of nitriles is 1. The highest BCUT2D eigenvalue weighted by Gasteiger charge is 2.25. The van der Waals surface area contributed by atoms with Crippen LogP contribution in [0.2, 0.25) is 0 Å². The van der Waals surface area contributed by atoms with Gasteiger partial charge in [0.05, 0.1) is 6.07 Å². The number of piperidine rings is 1. The molecule has 0 spiro atoms. The second-order valence-electron chi connectivity index (χ2n) is 4.26. The van der Waals surface area contributed by atoms with E-state index in [9.17, 15) is 0 Å². The van der Waals surface area contributed by atoms with E-state index in [0.717, 1.165) is 6.42 Å². The van der Waals surface area contributed by atoms with Crippen LogP contribution in [0.5, 0.6) is 0 Å². The number of nitrogens with zero attached hydrogens (tertiary/aromatic N) is 2. The summed E-state index contributed by atoms with van der Waals surface area (Å²) in [6.07, 6.45) is 4.65. The van der Waals surface area contributed by atoms with Crippen LogP contribution >= 0.6 is 0 Å². The van der Waals surface area contributed by atoms with Crippen LogP contribution in [0, 0.1) is 11.3 Å². The van der Waals surface area contributed by atoms with Crippen molar-refractivity contribution in [3.05, 3.63) is 0 Å². The maximum Gasteiger partial charge on any atom is 0.108 e. The molecule has 3 unspecified atom stereocenters. The van der Waals surface area contributed by atoms with Crippen LogP contribution in [0.3, 0.4) is 0 Å². The molecular weight excluding hydrogens is 174 g/mol. The van der Waals surface area contributed by atoms with Crippen molar-refractivity contribution in [1.29, 1.82) is 5.26 Å². The molecule has 1 fully saturated rings. The highest BCUT2D eigenvalue weighted by atomic mass is 15.5. The van der Waals surface area contributed by atoms with Crippen LogP contribution in [0.1, 0.15) is 46.5 Å². The van der Waals surface area contributed by atoms with Gasteiger partial charge in [0.1, 0.15) is 6.04 Å². The smallest absolute Gasteiger partial charge is 0.108 e. The fourth-order valence-corrected chi connectivity index (χ4v) is 2.07. The molecule has 80 valence electrons. The Morgan fingerprint density at radius 3 is 2.43 bits per heavy atom. The number of nitrogens with one attached hydrogen (secondary N) is 1. The highest BCUT2D eigenvalue weighted by Crippen LogP contribution is 2.20. The maximum atomic E-state index is 8.89. The molecule has 0 radical (unpaired) electrons. The molecule has 0 bridgehead atoms. The average Bonchev–Trinajstić information content (AvgIpc) is 2.18. The number of hydrogen-bond acceptors (Lipinski definition) is 3. The molecule has 1 heterocycles. The highest BCUT2D eigenvalue weighted by molar-refractivity contribution is 4.89. The van der Waals surface area contributed by atoms with Gasteiger partial charge < -0.3 is 0 Å². The molecule has 0 amide bonds. The van der Waals surface area contributed by atoms with Crippen molar-refractivity contribution in [3.8, 4) is 6.07 Å². The average molecular weight is 195 g/mol. The number of hydrogen-bond donors (Lipinski definition) is 1. The molecule has 0 saturated carbocycles. The van der Waals surface area contributed by atoms with Crippen molar-refractivity contribution < 1.29 is 0 Å². The predicted molar refractivity (Wildman–Crippen MR) is 57.4 cm³/mol. The van der Waals surface area contributed by atoms with Crippen LogP contribution in [0.25, 0.3) is 0 Å². The predicted octanol–water partition coefficient (Wildman–Crippen LogP) is 2.06. The van der Waals surface area contributed by atoms with Crippen molar-refractivity contribution in [1.82, 2.24) is 10.4 Å². The van der Waals surface area contributed by atoms with Gasteiger partial charge in [0.15, 0.2) is 0 Å². The van der Waals surface area contributed by atoms with Crippen molar-refractivity contribution in [2.75, 3.05) is 0 Å². The standard InChI is InChI=1S/C11H21N3/c1-4-11(8-12)13-14-9(2)6-5-7-10(14)3/h9-11,13H,4-7H2,1-3H3. The summed E-state index contributed by atoms with van der Waals surface area (Å²) in [6.45, 7) is 6.50. The summed E-state index contributed by atoms with van der Waals surface area (Å²) in [5.74, 6) is 0. The number of rotatable bonds is 3. The van der Waals surface area contributed by atoms with Gasteiger partial charge in [0.2, 0.25) is 0 Å². The Kier molecular flexibility index (Phi) is 4.37. The molecule has 3 heteroatoms. The van der Waals surface area contributed by atoms with Gasteiger partial charge >= 0.3 is 0 Å². The summed E-state index contributed by atoms with van der Waals surface area (Å²) in [4.78, 5) is 0. The first-order valence-electron chi connectivity index (χ1n) is 5.63. The van der Waals surface area contributed by atoms with Crippen molar-refractivity contribution >= 4 is 0 Å². The Labute approximate surface area is 87.1 Å². The molecule has 3 atom stereocenters. The van der Waals surface area contributed by atoms with Crippen LogP contribution in [-0.2, 0) is 0 Å². The van der Waals surface area contributed by atoms with Gasteiger partial charge in [0, 0.05) is 12.1 Å². The van der Waals surface area contributed by atoms with Gasteiger partial charge in [-0.2, -0.15) is 5.26 Å². The van der Waals surface area contributed by atoms with E-state index in [1.54, 1.807) is 0 Å². The van der Waals surface area contributed by atoms with Gasteiger partial charge in [-0.3, -0.25) is 0 Å². The zero-order valence-corrected chi connectivity index (χ0v) is 9.45. The van der Waals surface area contributed by atoms with E-state index in [4.69, 9.17) is 5.26 Å². The van der Waals surface area contributed by atoms with Crippen molar-refractivity contribution in [3.63, 3.8) is 0 Å². The summed E-state index contributed by atoms with van der Waals surface area (Å²) >= 11 is 0. The van der Waals surface area contributed by atoms with E-state index in [1.807, 2.05) is 6.92 Å². The Morgan fingerprint density at radius 1 is 1.43 bits per heavy atom. The summed E-state index contributed by atoms with van der Waals surface area (Å²) in [6, 6.07) is 3.37. The molecule has 0 aromatic rings. The van der Waals surface area contributed by atoms with Crippen LogP contribution in [0.15, 0.2) is 0 Å². The normalized spacial score (nSPS) is 31.0. The van der Waals surface area contributed by atoms with Crippen LogP contribution < -0.4 is 5.43 Å². The molecule has 3 nitrogen and oxygen atoms in total. The maximum absolute atomic E-state index is 8.89. The minimum Gasteiger partial charge on any atom is -0.238 e. The fourth-order valence-electron chi connectivity index (χ4n) is 2.07. The molecule has 0 aromatic heterocycles. The molecule has 1 saturated heterocycles. The summed E-state index contributed by atoms with van der Waals surface area (Å²) in [5.41, 5.74) is 3.33. The molecule has 1 aliphatic rings. The van der Waals surface area contributed by atoms with E-state index in [0.29, 0.717) is 12.1 Å². The van der Waals surface area contributed by atoms with E-state index in [2.05, 4.69) is 30.4 Å². The molecule has 14 heavy (non-hydrogen) atoms. The fraction of sp³-hybridized carbons (Fsp3) is 0.909. The molecule has 1 rings (SSSR count). The molecular formula is C11H21N3. The summed E-state index contributed by atoms with van der Waals surface area (Å²) < 4.78 is 0. The second-order valence-corrected chi connectivity index (χ2v) is 4.26. The third-order valence-electron chi connectivity index (χ3n) is 3.06. The summed E-state index contributed by atoms with van der Waals surface area (Å²) in [7, 11) is 0. The summed E-state index contributed by atoms with van der Waals surface area (Å²) in [5, 5.41) is 11.2. The minimum atomic E-state index is -0.0296. The Hall–Kier alpha value is -0.590. The Bertz CT molecular complexity index is 199. The lowest BCUT2D eigenvalue weighted by Crippen LogP contribution is -2.55. The van der Waals surface area contributed by atoms with E-state index >= 15 is 0 Å². The van der Waals surface area contributed by atoms with E-state index in [-0.39, 0.29) is 6.04 Å². The number of hydrazine groups is 1. The van der Waals surface area contributed by atoms with Gasteiger partial charge in [-0.15, -0.1) is 0 Å². The monoisotopic (exact) mass is 195 g/mol. The quantitative estimate of drug-likeness (QED) is 0.749. The first-order valence-corrected chi connectivity index (χ1v) is 5.63. The van der Waals surface area contributed by atoms with Gasteiger partial charge in [0.25, 0.3) is 0 Å². The van der Waals surface area contributed by atoms with Crippen molar-refractivity contribution in [2.45, 2.75) is 64.6 Å². The second kappa shape index (κ2) is 5.33. The molecule has 1 aliphatic heterocycles. The third kappa shape index (κ3) is 2.70. The largest absolute Gasteiger partial charge is 0.238 e. The van der Waals surface area contributed by atoms with Gasteiger partial charge in [-0.1, -0.05) is 13.3 Å². The van der Waals surface area contributed by atoms with E-state index in [1.165, 1.54) is 19.3 Å². The first-order chi connectivity index (χ1) is 6.69. The minimum absolute atomic E-state index is 0.0296.